The van der Waals surface area contributed by atoms with E-state index in [1.165, 1.54) is 0 Å². The molecule has 12 heavy (non-hydrogen) atoms. The molecule has 0 aliphatic rings. The quantitative estimate of drug-likeness (QED) is 0.419. The third kappa shape index (κ3) is 10.1. The minimum atomic E-state index is -3.75. The lowest BCUT2D eigenvalue weighted by atomic mass is 10.2. The van der Waals surface area contributed by atoms with Gasteiger partial charge in [0.1, 0.15) is 0 Å². The fourth-order valence-corrected chi connectivity index (χ4v) is 1.63. The first-order valence-electron chi connectivity index (χ1n) is 4.31. The van der Waals surface area contributed by atoms with Crippen LogP contribution in [0, 0.1) is 0 Å². The van der Waals surface area contributed by atoms with E-state index < -0.39 is 7.60 Å². The molecule has 4 nitrogen and oxygen atoms in total. The maximum atomic E-state index is 10.4. The van der Waals surface area contributed by atoms with Crippen LogP contribution >= 0.6 is 7.60 Å². The highest BCUT2D eigenvalue weighted by molar-refractivity contribution is 7.51. The Morgan fingerprint density at radius 1 is 1.00 bits per heavy atom. The van der Waals surface area contributed by atoms with Crippen molar-refractivity contribution in [3.8, 4) is 0 Å². The van der Waals surface area contributed by atoms with Gasteiger partial charge < -0.3 is 15.5 Å². The average molecular weight is 195 g/mol. The van der Waals surface area contributed by atoms with Crippen LogP contribution in [-0.2, 0) is 4.57 Å². The molecule has 4 N–H and O–H groups in total. The standard InChI is InChI=1S/C7H18NO3P/c8-6-4-2-1-3-5-7-12(9,10)11/h1-8H2,(H2,9,10,11). The highest BCUT2D eigenvalue weighted by Gasteiger charge is 2.10. The van der Waals surface area contributed by atoms with Gasteiger partial charge in [-0.3, -0.25) is 4.57 Å². The molecule has 0 aliphatic heterocycles. The first-order chi connectivity index (χ1) is 5.56. The van der Waals surface area contributed by atoms with E-state index in [4.69, 9.17) is 15.5 Å². The lowest BCUT2D eigenvalue weighted by Gasteiger charge is -2.02. The summed E-state index contributed by atoms with van der Waals surface area (Å²) in [6.07, 6.45) is 4.64. The summed E-state index contributed by atoms with van der Waals surface area (Å²) in [5.41, 5.74) is 5.29. The van der Waals surface area contributed by atoms with Gasteiger partial charge in [0.05, 0.1) is 0 Å². The van der Waals surface area contributed by atoms with Gasteiger partial charge in [0.15, 0.2) is 0 Å². The fourth-order valence-electron chi connectivity index (χ4n) is 0.992. The Bertz CT molecular complexity index is 146. The molecule has 0 saturated heterocycles. The molecule has 0 amide bonds. The number of hydrogen-bond donors (Lipinski definition) is 3. The largest absolute Gasteiger partial charge is 0.330 e. The van der Waals surface area contributed by atoms with Gasteiger partial charge in [-0.2, -0.15) is 0 Å². The smallest absolute Gasteiger partial charge is 0.325 e. The van der Waals surface area contributed by atoms with Gasteiger partial charge in [-0.1, -0.05) is 19.3 Å². The second kappa shape index (κ2) is 6.61. The summed E-state index contributed by atoms with van der Waals surface area (Å²) < 4.78 is 10.4. The van der Waals surface area contributed by atoms with Crippen molar-refractivity contribution >= 4 is 7.60 Å². The minimum Gasteiger partial charge on any atom is -0.330 e. The minimum absolute atomic E-state index is 0.0234. The number of unbranched alkanes of at least 4 members (excludes halogenated alkanes) is 4. The van der Waals surface area contributed by atoms with Gasteiger partial charge in [0.2, 0.25) is 0 Å². The van der Waals surface area contributed by atoms with Crippen molar-refractivity contribution in [2.24, 2.45) is 5.73 Å². The van der Waals surface area contributed by atoms with Crippen LogP contribution < -0.4 is 5.73 Å². The highest BCUT2D eigenvalue weighted by atomic mass is 31.2. The normalized spacial score (nSPS) is 11.9. The molecule has 0 rings (SSSR count). The number of hydrogen-bond acceptors (Lipinski definition) is 2. The van der Waals surface area contributed by atoms with Gasteiger partial charge in [-0.15, -0.1) is 0 Å². The first kappa shape index (κ1) is 12.1. The summed E-state index contributed by atoms with van der Waals surface area (Å²) in [5, 5.41) is 0. The molecule has 0 saturated carbocycles. The third-order valence-electron chi connectivity index (χ3n) is 1.65. The predicted octanol–water partition coefficient (Wildman–Crippen LogP) is 1.07. The third-order valence-corrected chi connectivity index (χ3v) is 2.55. The van der Waals surface area contributed by atoms with Crippen molar-refractivity contribution < 1.29 is 14.4 Å². The van der Waals surface area contributed by atoms with E-state index in [-0.39, 0.29) is 6.16 Å². The van der Waals surface area contributed by atoms with Crippen molar-refractivity contribution in [1.82, 2.24) is 0 Å². The Balaban J connectivity index is 3.06. The van der Waals surface area contributed by atoms with E-state index in [0.29, 0.717) is 13.0 Å². The zero-order valence-electron chi connectivity index (χ0n) is 7.28. The van der Waals surface area contributed by atoms with Crippen LogP contribution in [0.1, 0.15) is 32.1 Å². The molecule has 0 heterocycles. The van der Waals surface area contributed by atoms with Crippen LogP contribution in [0.25, 0.3) is 0 Å². The van der Waals surface area contributed by atoms with E-state index in [1.807, 2.05) is 0 Å². The van der Waals surface area contributed by atoms with Gasteiger partial charge in [0, 0.05) is 6.16 Å². The van der Waals surface area contributed by atoms with Crippen molar-refractivity contribution in [1.29, 1.82) is 0 Å². The Kier molecular flexibility index (Phi) is 6.67. The second-order valence-corrected chi connectivity index (χ2v) is 4.72. The highest BCUT2D eigenvalue weighted by Crippen LogP contribution is 2.35. The van der Waals surface area contributed by atoms with Crippen LogP contribution in [0.5, 0.6) is 0 Å². The van der Waals surface area contributed by atoms with Crippen LogP contribution in [0.4, 0.5) is 0 Å². The van der Waals surface area contributed by atoms with Crippen LogP contribution in [0.15, 0.2) is 0 Å². The van der Waals surface area contributed by atoms with Crippen LogP contribution in [0.2, 0.25) is 0 Å². The van der Waals surface area contributed by atoms with Crippen molar-refractivity contribution in [3.05, 3.63) is 0 Å². The monoisotopic (exact) mass is 195 g/mol. The summed E-state index contributed by atoms with van der Waals surface area (Å²) in [5.74, 6) is 0. The Morgan fingerprint density at radius 2 is 1.50 bits per heavy atom. The fraction of sp³-hybridized carbons (Fsp3) is 1.00. The number of rotatable bonds is 7. The van der Waals surface area contributed by atoms with Crippen LogP contribution in [0.3, 0.4) is 0 Å². The lowest BCUT2D eigenvalue weighted by Crippen LogP contribution is -1.97. The van der Waals surface area contributed by atoms with Crippen molar-refractivity contribution in [3.63, 3.8) is 0 Å². The van der Waals surface area contributed by atoms with Gasteiger partial charge in [0.25, 0.3) is 0 Å². The zero-order chi connectivity index (χ0) is 9.45. The van der Waals surface area contributed by atoms with Crippen LogP contribution in [-0.4, -0.2) is 22.5 Å². The van der Waals surface area contributed by atoms with E-state index in [9.17, 15) is 4.57 Å². The molecule has 0 aliphatic carbocycles. The summed E-state index contributed by atoms with van der Waals surface area (Å²) in [4.78, 5) is 17.0. The molecule has 0 fully saturated rings. The molecular weight excluding hydrogens is 177 g/mol. The second-order valence-electron chi connectivity index (χ2n) is 2.94. The molecule has 0 atom stereocenters. The maximum Gasteiger partial charge on any atom is 0.325 e. The molecule has 0 aromatic heterocycles. The van der Waals surface area contributed by atoms with Crippen molar-refractivity contribution in [2.45, 2.75) is 32.1 Å². The van der Waals surface area contributed by atoms with E-state index in [1.54, 1.807) is 0 Å². The van der Waals surface area contributed by atoms with Gasteiger partial charge in [-0.05, 0) is 19.4 Å². The van der Waals surface area contributed by atoms with Gasteiger partial charge >= 0.3 is 7.60 Å². The maximum absolute atomic E-state index is 10.4. The first-order valence-corrected chi connectivity index (χ1v) is 6.10. The predicted molar refractivity (Wildman–Crippen MR) is 49.1 cm³/mol. The SMILES string of the molecule is NCCCCCCCP(=O)(O)O. The lowest BCUT2D eigenvalue weighted by molar-refractivity contribution is 0.370. The van der Waals surface area contributed by atoms with Crippen molar-refractivity contribution in [2.75, 3.05) is 12.7 Å². The molecular formula is C7H18NO3P. The summed E-state index contributed by atoms with van der Waals surface area (Å²) in [6.45, 7) is 0.707. The molecule has 5 heteroatoms. The van der Waals surface area contributed by atoms with E-state index >= 15 is 0 Å². The molecule has 0 bridgehead atoms. The Hall–Kier alpha value is 0.110. The molecule has 0 aromatic carbocycles. The molecule has 0 radical (unpaired) electrons. The molecule has 74 valence electrons. The molecule has 0 spiro atoms. The molecule has 0 aromatic rings. The average Bonchev–Trinajstić information content (AvgIpc) is 1.94. The topological polar surface area (TPSA) is 83.6 Å². The zero-order valence-corrected chi connectivity index (χ0v) is 8.17. The molecule has 0 unspecified atom stereocenters. The van der Waals surface area contributed by atoms with E-state index in [2.05, 4.69) is 0 Å². The Labute approximate surface area is 73.3 Å². The van der Waals surface area contributed by atoms with E-state index in [0.717, 1.165) is 25.7 Å². The summed E-state index contributed by atoms with van der Waals surface area (Å²) in [6, 6.07) is 0. The summed E-state index contributed by atoms with van der Waals surface area (Å²) >= 11 is 0. The summed E-state index contributed by atoms with van der Waals surface area (Å²) in [7, 11) is -3.75. The number of nitrogens with two attached hydrogens (primary N) is 1. The van der Waals surface area contributed by atoms with Gasteiger partial charge in [-0.25, -0.2) is 0 Å². The Morgan fingerprint density at radius 3 is 2.00 bits per heavy atom.